The molecule has 1 N–H and O–H groups in total. The van der Waals surface area contributed by atoms with Gasteiger partial charge in [0.1, 0.15) is 0 Å². The normalized spacial score (nSPS) is 12.5. The highest BCUT2D eigenvalue weighted by Crippen LogP contribution is 2.08. The first-order valence-corrected chi connectivity index (χ1v) is 5.95. The van der Waals surface area contributed by atoms with Crippen LogP contribution in [0.25, 0.3) is 0 Å². The second kappa shape index (κ2) is 6.48. The second-order valence-corrected chi connectivity index (χ2v) is 4.42. The van der Waals surface area contributed by atoms with Gasteiger partial charge in [0.2, 0.25) is 0 Å². The molecule has 0 spiro atoms. The molecule has 0 aliphatic carbocycles. The maximum absolute atomic E-state index is 11.9. The monoisotopic (exact) mass is 240 g/mol. The fourth-order valence-electron chi connectivity index (χ4n) is 1.44. The van der Waals surface area contributed by atoms with E-state index in [1.807, 2.05) is 0 Å². The number of carbonyl (C=O) groups excluding carboxylic acids is 1. The molecular formula is C12H17ClN2O. The largest absolute Gasteiger partial charge is 0.349 e. The molecule has 1 rings (SSSR count). The lowest BCUT2D eigenvalue weighted by atomic mass is 10.0. The van der Waals surface area contributed by atoms with E-state index in [0.29, 0.717) is 17.4 Å². The van der Waals surface area contributed by atoms with Crippen LogP contribution in [0.15, 0.2) is 24.5 Å². The number of hydrogen-bond donors (Lipinski definition) is 1. The van der Waals surface area contributed by atoms with Gasteiger partial charge in [-0.15, -0.1) is 11.6 Å². The van der Waals surface area contributed by atoms with Crippen molar-refractivity contribution in [3.05, 3.63) is 30.1 Å². The molecular weight excluding hydrogens is 224 g/mol. The smallest absolute Gasteiger partial charge is 0.251 e. The molecule has 0 aliphatic heterocycles. The summed E-state index contributed by atoms with van der Waals surface area (Å²) in [5.41, 5.74) is 0.634. The van der Waals surface area contributed by atoms with E-state index in [4.69, 9.17) is 11.6 Å². The van der Waals surface area contributed by atoms with Crippen molar-refractivity contribution in [1.29, 1.82) is 0 Å². The number of alkyl halides is 1. The Morgan fingerprint density at radius 3 is 2.56 bits per heavy atom. The number of amides is 1. The Kier molecular flexibility index (Phi) is 5.26. The first-order chi connectivity index (χ1) is 7.65. The van der Waals surface area contributed by atoms with Gasteiger partial charge in [0.05, 0.1) is 0 Å². The van der Waals surface area contributed by atoms with Crippen molar-refractivity contribution >= 4 is 17.5 Å². The van der Waals surface area contributed by atoms with Crippen molar-refractivity contribution in [2.75, 3.05) is 5.88 Å². The van der Waals surface area contributed by atoms with Crippen LogP contribution in [-0.2, 0) is 0 Å². The van der Waals surface area contributed by atoms with Crippen LogP contribution < -0.4 is 5.32 Å². The van der Waals surface area contributed by atoms with Crippen molar-refractivity contribution < 1.29 is 4.79 Å². The SMILES string of the molecule is CC(C)C(CCCl)NC(=O)c1ccncc1. The summed E-state index contributed by atoms with van der Waals surface area (Å²) in [5.74, 6) is 0.871. The third-order valence-corrected chi connectivity index (χ3v) is 2.70. The molecule has 0 bridgehead atoms. The average Bonchev–Trinajstić information content (AvgIpc) is 2.29. The van der Waals surface area contributed by atoms with Crippen LogP contribution in [0.3, 0.4) is 0 Å². The Morgan fingerprint density at radius 2 is 2.06 bits per heavy atom. The van der Waals surface area contributed by atoms with E-state index in [2.05, 4.69) is 24.1 Å². The Morgan fingerprint density at radius 1 is 1.44 bits per heavy atom. The number of rotatable bonds is 5. The standard InChI is InChI=1S/C12H17ClN2O/c1-9(2)11(3-6-13)15-12(16)10-4-7-14-8-5-10/h4-5,7-9,11H,3,6H2,1-2H3,(H,15,16). The maximum atomic E-state index is 11.9. The van der Waals surface area contributed by atoms with E-state index in [1.54, 1.807) is 24.5 Å². The highest BCUT2D eigenvalue weighted by molar-refractivity contribution is 6.17. The molecule has 0 aromatic carbocycles. The third kappa shape index (κ3) is 3.81. The van der Waals surface area contributed by atoms with Crippen molar-refractivity contribution in [1.82, 2.24) is 10.3 Å². The quantitative estimate of drug-likeness (QED) is 0.804. The van der Waals surface area contributed by atoms with Crippen LogP contribution in [-0.4, -0.2) is 22.8 Å². The summed E-state index contributed by atoms with van der Waals surface area (Å²) < 4.78 is 0. The molecule has 0 radical (unpaired) electrons. The number of carbonyl (C=O) groups is 1. The van der Waals surface area contributed by atoms with Crippen molar-refractivity contribution in [3.63, 3.8) is 0 Å². The number of hydrogen-bond acceptors (Lipinski definition) is 2. The molecule has 1 atom stereocenters. The zero-order chi connectivity index (χ0) is 12.0. The van der Waals surface area contributed by atoms with Crippen LogP contribution in [0.2, 0.25) is 0 Å². The molecule has 0 fully saturated rings. The Bertz CT molecular complexity index is 327. The summed E-state index contributed by atoms with van der Waals surface area (Å²) in [5, 5.41) is 2.98. The number of nitrogens with zero attached hydrogens (tertiary/aromatic N) is 1. The Balaban J connectivity index is 2.62. The van der Waals surface area contributed by atoms with E-state index in [1.165, 1.54) is 0 Å². The van der Waals surface area contributed by atoms with Gasteiger partial charge in [0.25, 0.3) is 5.91 Å². The van der Waals surface area contributed by atoms with E-state index in [0.717, 1.165) is 6.42 Å². The molecule has 3 nitrogen and oxygen atoms in total. The zero-order valence-electron chi connectivity index (χ0n) is 9.61. The average molecular weight is 241 g/mol. The van der Waals surface area contributed by atoms with E-state index < -0.39 is 0 Å². The summed E-state index contributed by atoms with van der Waals surface area (Å²) in [7, 11) is 0. The van der Waals surface area contributed by atoms with Gasteiger partial charge in [0, 0.05) is 29.9 Å². The first-order valence-electron chi connectivity index (χ1n) is 5.42. The molecule has 1 amide bonds. The van der Waals surface area contributed by atoms with Crippen LogP contribution in [0.1, 0.15) is 30.6 Å². The highest BCUT2D eigenvalue weighted by atomic mass is 35.5. The molecule has 1 aromatic heterocycles. The van der Waals surface area contributed by atoms with Gasteiger partial charge >= 0.3 is 0 Å². The molecule has 16 heavy (non-hydrogen) atoms. The summed E-state index contributed by atoms with van der Waals surface area (Å²) >= 11 is 5.71. The zero-order valence-corrected chi connectivity index (χ0v) is 10.4. The highest BCUT2D eigenvalue weighted by Gasteiger charge is 2.16. The fourth-order valence-corrected chi connectivity index (χ4v) is 1.68. The molecule has 0 saturated heterocycles. The van der Waals surface area contributed by atoms with Crippen molar-refractivity contribution in [2.24, 2.45) is 5.92 Å². The van der Waals surface area contributed by atoms with Gasteiger partial charge in [-0.25, -0.2) is 0 Å². The van der Waals surface area contributed by atoms with Crippen molar-refractivity contribution in [3.8, 4) is 0 Å². The molecule has 1 aromatic rings. The summed E-state index contributed by atoms with van der Waals surface area (Å²) in [4.78, 5) is 15.7. The fraction of sp³-hybridized carbons (Fsp3) is 0.500. The lowest BCUT2D eigenvalue weighted by Gasteiger charge is -2.21. The van der Waals surface area contributed by atoms with Crippen LogP contribution in [0, 0.1) is 5.92 Å². The summed E-state index contributed by atoms with van der Waals surface area (Å²) in [6, 6.07) is 3.53. The minimum absolute atomic E-state index is 0.0637. The van der Waals surface area contributed by atoms with Gasteiger partial charge in [-0.1, -0.05) is 13.8 Å². The van der Waals surface area contributed by atoms with Gasteiger partial charge in [-0.3, -0.25) is 9.78 Å². The first kappa shape index (κ1) is 13.0. The number of aromatic nitrogens is 1. The molecule has 88 valence electrons. The van der Waals surface area contributed by atoms with Gasteiger partial charge in [0.15, 0.2) is 0 Å². The molecule has 4 heteroatoms. The minimum atomic E-state index is -0.0637. The molecule has 0 aliphatic rings. The number of pyridine rings is 1. The predicted molar refractivity (Wildman–Crippen MR) is 65.7 cm³/mol. The lowest BCUT2D eigenvalue weighted by molar-refractivity contribution is 0.0925. The van der Waals surface area contributed by atoms with Crippen LogP contribution in [0.4, 0.5) is 0 Å². The predicted octanol–water partition coefficient (Wildman–Crippen LogP) is 2.46. The third-order valence-electron chi connectivity index (χ3n) is 2.48. The molecule has 1 unspecified atom stereocenters. The molecule has 0 saturated carbocycles. The van der Waals surface area contributed by atoms with E-state index >= 15 is 0 Å². The van der Waals surface area contributed by atoms with Gasteiger partial charge in [-0.05, 0) is 24.5 Å². The van der Waals surface area contributed by atoms with E-state index in [9.17, 15) is 4.79 Å². The summed E-state index contributed by atoms with van der Waals surface area (Å²) in [6.45, 7) is 4.15. The molecule has 1 heterocycles. The Labute approximate surface area is 101 Å². The van der Waals surface area contributed by atoms with Crippen LogP contribution in [0.5, 0.6) is 0 Å². The van der Waals surface area contributed by atoms with Gasteiger partial charge in [-0.2, -0.15) is 0 Å². The maximum Gasteiger partial charge on any atom is 0.251 e. The van der Waals surface area contributed by atoms with Crippen LogP contribution >= 0.6 is 11.6 Å². The summed E-state index contributed by atoms with van der Waals surface area (Å²) in [6.07, 6.45) is 4.01. The van der Waals surface area contributed by atoms with Crippen molar-refractivity contribution in [2.45, 2.75) is 26.3 Å². The van der Waals surface area contributed by atoms with E-state index in [-0.39, 0.29) is 11.9 Å². The van der Waals surface area contributed by atoms with Gasteiger partial charge < -0.3 is 5.32 Å². The second-order valence-electron chi connectivity index (χ2n) is 4.04. The Hall–Kier alpha value is -1.09. The topological polar surface area (TPSA) is 42.0 Å². The minimum Gasteiger partial charge on any atom is -0.349 e. The number of nitrogens with one attached hydrogen (secondary N) is 1. The lowest BCUT2D eigenvalue weighted by Crippen LogP contribution is -2.38. The number of halogens is 1.